The Labute approximate surface area is 228 Å². The fourth-order valence-corrected chi connectivity index (χ4v) is 4.69. The van der Waals surface area contributed by atoms with Crippen LogP contribution in [0.4, 0.5) is 0 Å². The van der Waals surface area contributed by atoms with E-state index in [0.717, 1.165) is 16.7 Å². The van der Waals surface area contributed by atoms with E-state index >= 15 is 0 Å². The van der Waals surface area contributed by atoms with E-state index in [0.29, 0.717) is 38.0 Å². The van der Waals surface area contributed by atoms with Gasteiger partial charge < -0.3 is 28.1 Å². The van der Waals surface area contributed by atoms with Gasteiger partial charge in [0, 0.05) is 14.0 Å². The Morgan fingerprint density at radius 3 is 1.59 bits per heavy atom. The molecule has 39 heavy (non-hydrogen) atoms. The van der Waals surface area contributed by atoms with Crippen molar-refractivity contribution >= 4 is 0 Å². The Hall–Kier alpha value is -3.40. The van der Waals surface area contributed by atoms with Crippen LogP contribution in [0.5, 0.6) is 0 Å². The van der Waals surface area contributed by atoms with Crippen LogP contribution in [-0.4, -0.2) is 48.0 Å². The van der Waals surface area contributed by atoms with Crippen molar-refractivity contribution in [2.45, 2.75) is 63.9 Å². The summed E-state index contributed by atoms with van der Waals surface area (Å²) < 4.78 is 37.6. The van der Waals surface area contributed by atoms with Crippen molar-refractivity contribution in [1.82, 2.24) is 10.2 Å². The van der Waals surface area contributed by atoms with Gasteiger partial charge >= 0.3 is 0 Å². The molecule has 0 radical (unpaired) electrons. The lowest BCUT2D eigenvalue weighted by Gasteiger charge is -2.45. The van der Waals surface area contributed by atoms with Gasteiger partial charge in [0.05, 0.1) is 32.3 Å². The molecular weight excluding hydrogens is 496 g/mol. The molecule has 0 bridgehead atoms. The van der Waals surface area contributed by atoms with Gasteiger partial charge in [-0.3, -0.25) is 0 Å². The second-order valence-corrected chi connectivity index (χ2v) is 9.48. The molecule has 1 aliphatic rings. The zero-order valence-electron chi connectivity index (χ0n) is 22.2. The van der Waals surface area contributed by atoms with Gasteiger partial charge in [0.1, 0.15) is 18.3 Å². The Morgan fingerprint density at radius 2 is 1.13 bits per heavy atom. The number of rotatable bonds is 12. The van der Waals surface area contributed by atoms with Gasteiger partial charge in [0.15, 0.2) is 6.29 Å². The van der Waals surface area contributed by atoms with Crippen LogP contribution in [0.25, 0.3) is 0 Å². The minimum Gasteiger partial charge on any atom is -0.425 e. The van der Waals surface area contributed by atoms with Crippen LogP contribution in [0.2, 0.25) is 0 Å². The molecule has 4 aromatic rings. The number of hydrogen-bond acceptors (Lipinski definition) is 8. The Balaban J connectivity index is 1.43. The van der Waals surface area contributed by atoms with Crippen molar-refractivity contribution in [1.29, 1.82) is 0 Å². The summed E-state index contributed by atoms with van der Waals surface area (Å²) in [7, 11) is 1.61. The topological polar surface area (TPSA) is 85.1 Å². The van der Waals surface area contributed by atoms with Crippen molar-refractivity contribution in [2.75, 3.05) is 7.11 Å². The first kappa shape index (κ1) is 27.2. The molecule has 5 rings (SSSR count). The molecule has 0 aliphatic carbocycles. The van der Waals surface area contributed by atoms with E-state index < -0.39 is 30.7 Å². The predicted octanol–water partition coefficient (Wildman–Crippen LogP) is 5.05. The van der Waals surface area contributed by atoms with Gasteiger partial charge in [-0.05, 0) is 16.7 Å². The number of ether oxygens (including phenoxy) is 5. The van der Waals surface area contributed by atoms with E-state index in [-0.39, 0.29) is 0 Å². The van der Waals surface area contributed by atoms with Crippen LogP contribution in [-0.2, 0) is 49.9 Å². The molecule has 0 N–H and O–H groups in total. The highest BCUT2D eigenvalue weighted by Crippen LogP contribution is 2.32. The summed E-state index contributed by atoms with van der Waals surface area (Å²) in [5, 5.41) is 8.17. The smallest absolute Gasteiger partial charge is 0.219 e. The molecule has 5 unspecified atom stereocenters. The molecule has 5 atom stereocenters. The summed E-state index contributed by atoms with van der Waals surface area (Å²) in [6, 6.07) is 30.1. The van der Waals surface area contributed by atoms with E-state index in [1.165, 1.54) is 0 Å². The molecule has 0 saturated carbocycles. The molecule has 8 heteroatoms. The fourth-order valence-electron chi connectivity index (χ4n) is 4.69. The molecule has 1 aromatic heterocycles. The molecule has 0 amide bonds. The molecule has 204 valence electrons. The summed E-state index contributed by atoms with van der Waals surface area (Å²) in [4.78, 5) is 0. The number of methoxy groups -OCH3 is 1. The minimum atomic E-state index is -0.694. The molecule has 0 spiro atoms. The lowest BCUT2D eigenvalue weighted by atomic mass is 9.95. The van der Waals surface area contributed by atoms with Crippen molar-refractivity contribution in [3.63, 3.8) is 0 Å². The van der Waals surface area contributed by atoms with E-state index in [2.05, 4.69) is 10.2 Å². The Bertz CT molecular complexity index is 1250. The first-order valence-corrected chi connectivity index (χ1v) is 13.1. The molecule has 1 saturated heterocycles. The standard InChI is InChI=1S/C31H34N2O6/c1-22-32-33-27(38-22)18-26-28(35-19-23-12-6-3-7-13-23)29(36-20-24-14-8-4-9-15-24)30(31(34-2)39-26)37-21-25-16-10-5-11-17-25/h3-17,26,28-31H,18-21H2,1-2H3. The van der Waals surface area contributed by atoms with Crippen LogP contribution >= 0.6 is 0 Å². The van der Waals surface area contributed by atoms with Crippen LogP contribution in [0, 0.1) is 6.92 Å². The summed E-state index contributed by atoms with van der Waals surface area (Å²) in [5.41, 5.74) is 3.13. The SMILES string of the molecule is COC1OC(Cc2nnc(C)o2)C(OCc2ccccc2)C(OCc2ccccc2)C1OCc1ccccc1. The van der Waals surface area contributed by atoms with Gasteiger partial charge in [-0.2, -0.15) is 0 Å². The number of aryl methyl sites for hydroxylation is 1. The molecule has 3 aromatic carbocycles. The highest BCUT2D eigenvalue weighted by Gasteiger charge is 2.49. The second-order valence-electron chi connectivity index (χ2n) is 9.48. The quantitative estimate of drug-likeness (QED) is 0.252. The highest BCUT2D eigenvalue weighted by molar-refractivity contribution is 5.16. The lowest BCUT2D eigenvalue weighted by Crippen LogP contribution is -2.61. The van der Waals surface area contributed by atoms with Crippen LogP contribution < -0.4 is 0 Å². The maximum Gasteiger partial charge on any atom is 0.219 e. The first-order chi connectivity index (χ1) is 19.2. The molecule has 1 aliphatic heterocycles. The van der Waals surface area contributed by atoms with Crippen molar-refractivity contribution in [3.8, 4) is 0 Å². The highest BCUT2D eigenvalue weighted by atomic mass is 16.7. The predicted molar refractivity (Wildman–Crippen MR) is 143 cm³/mol. The van der Waals surface area contributed by atoms with Crippen molar-refractivity contribution in [2.24, 2.45) is 0 Å². The molecular formula is C31H34N2O6. The van der Waals surface area contributed by atoms with E-state index in [1.807, 2.05) is 91.0 Å². The Kier molecular flexibility index (Phi) is 9.47. The minimum absolute atomic E-state index is 0.344. The third kappa shape index (κ3) is 7.38. The summed E-state index contributed by atoms with van der Waals surface area (Å²) in [5.74, 6) is 0.956. The molecule has 2 heterocycles. The second kappa shape index (κ2) is 13.6. The zero-order chi connectivity index (χ0) is 26.9. The number of benzene rings is 3. The zero-order valence-corrected chi connectivity index (χ0v) is 22.2. The first-order valence-electron chi connectivity index (χ1n) is 13.1. The average molecular weight is 531 g/mol. The van der Waals surface area contributed by atoms with Gasteiger partial charge in [-0.15, -0.1) is 10.2 Å². The maximum absolute atomic E-state index is 6.60. The van der Waals surface area contributed by atoms with Crippen molar-refractivity contribution in [3.05, 3.63) is 119 Å². The molecule has 1 fully saturated rings. The van der Waals surface area contributed by atoms with Crippen LogP contribution in [0.15, 0.2) is 95.4 Å². The number of nitrogens with zero attached hydrogens (tertiary/aromatic N) is 2. The van der Waals surface area contributed by atoms with Gasteiger partial charge in [0.25, 0.3) is 0 Å². The van der Waals surface area contributed by atoms with E-state index in [1.54, 1.807) is 14.0 Å². The van der Waals surface area contributed by atoms with Gasteiger partial charge in [0.2, 0.25) is 11.8 Å². The van der Waals surface area contributed by atoms with E-state index in [9.17, 15) is 0 Å². The summed E-state index contributed by atoms with van der Waals surface area (Å²) in [6.07, 6.45) is -2.40. The van der Waals surface area contributed by atoms with Crippen LogP contribution in [0.1, 0.15) is 28.5 Å². The summed E-state index contributed by atoms with van der Waals surface area (Å²) >= 11 is 0. The largest absolute Gasteiger partial charge is 0.425 e. The third-order valence-electron chi connectivity index (χ3n) is 6.62. The third-order valence-corrected chi connectivity index (χ3v) is 6.62. The number of aromatic nitrogens is 2. The summed E-state index contributed by atoms with van der Waals surface area (Å²) in [6.45, 7) is 2.89. The number of hydrogen-bond donors (Lipinski definition) is 0. The molecule has 8 nitrogen and oxygen atoms in total. The normalized spacial score (nSPS) is 23.1. The monoisotopic (exact) mass is 530 g/mol. The average Bonchev–Trinajstić information content (AvgIpc) is 3.40. The van der Waals surface area contributed by atoms with Crippen LogP contribution in [0.3, 0.4) is 0 Å². The van der Waals surface area contributed by atoms with E-state index in [4.69, 9.17) is 28.1 Å². The maximum atomic E-state index is 6.60. The van der Waals surface area contributed by atoms with Gasteiger partial charge in [-0.25, -0.2) is 0 Å². The fraction of sp³-hybridized carbons (Fsp3) is 0.355. The Morgan fingerprint density at radius 1 is 0.641 bits per heavy atom. The lowest BCUT2D eigenvalue weighted by molar-refractivity contribution is -0.318. The van der Waals surface area contributed by atoms with Gasteiger partial charge in [-0.1, -0.05) is 91.0 Å². The van der Waals surface area contributed by atoms with Crippen molar-refractivity contribution < 1.29 is 28.1 Å².